The fraction of sp³-hybridized carbons (Fsp3) is 0.435. The van der Waals surface area contributed by atoms with E-state index in [1.807, 2.05) is 12.1 Å². The predicted octanol–water partition coefficient (Wildman–Crippen LogP) is 2.29. The molecule has 10 heteroatoms. The molecule has 2 aromatic carbocycles. The summed E-state index contributed by atoms with van der Waals surface area (Å²) in [6.07, 6.45) is -0.606. The molecule has 0 aliphatic carbocycles. The summed E-state index contributed by atoms with van der Waals surface area (Å²) in [5.74, 6) is -2.00. The number of hydrogen-bond donors (Lipinski definition) is 2. The second-order valence-electron chi connectivity index (χ2n) is 8.32. The summed E-state index contributed by atoms with van der Waals surface area (Å²) in [7, 11) is -4.15. The quantitative estimate of drug-likeness (QED) is 0.502. The molecule has 0 aliphatic rings. The van der Waals surface area contributed by atoms with Crippen molar-refractivity contribution in [1.29, 1.82) is 0 Å². The Balaban J connectivity index is 2.20. The zero-order valence-electron chi connectivity index (χ0n) is 19.2. The van der Waals surface area contributed by atoms with Gasteiger partial charge in [0, 0.05) is 6.54 Å². The van der Waals surface area contributed by atoms with Crippen LogP contribution in [-0.2, 0) is 33.9 Å². The van der Waals surface area contributed by atoms with Crippen LogP contribution in [0.5, 0.6) is 0 Å². The van der Waals surface area contributed by atoms with Crippen molar-refractivity contribution in [3.63, 3.8) is 0 Å². The van der Waals surface area contributed by atoms with Gasteiger partial charge < -0.3 is 14.8 Å². The standard InChI is InChI=1S/C23H30N2O7S/c1-5-31-20(26)12-13-24-22(28)19(15-21(27)32-23(2,3)4)25-33(29,30)18-11-10-16-8-6-7-9-17(16)14-18/h6-11,14,19,25H,5,12-13,15H2,1-4H3,(H,24,28)/t19-/m0/s1. The van der Waals surface area contributed by atoms with Crippen LogP contribution in [0.3, 0.4) is 0 Å². The van der Waals surface area contributed by atoms with Crippen molar-refractivity contribution >= 4 is 38.6 Å². The van der Waals surface area contributed by atoms with Crippen molar-refractivity contribution in [2.24, 2.45) is 0 Å². The van der Waals surface area contributed by atoms with E-state index in [0.717, 1.165) is 5.39 Å². The number of esters is 2. The number of ether oxygens (including phenoxy) is 2. The highest BCUT2D eigenvalue weighted by molar-refractivity contribution is 7.89. The van der Waals surface area contributed by atoms with Crippen molar-refractivity contribution in [2.75, 3.05) is 13.2 Å². The van der Waals surface area contributed by atoms with E-state index in [1.54, 1.807) is 45.9 Å². The van der Waals surface area contributed by atoms with Crippen LogP contribution in [0.1, 0.15) is 40.5 Å². The van der Waals surface area contributed by atoms with Crippen LogP contribution < -0.4 is 10.0 Å². The average molecular weight is 479 g/mol. The highest BCUT2D eigenvalue weighted by atomic mass is 32.2. The Hall–Kier alpha value is -2.98. The summed E-state index contributed by atoms with van der Waals surface area (Å²) in [5, 5.41) is 4.04. The molecule has 0 unspecified atom stereocenters. The van der Waals surface area contributed by atoms with Crippen molar-refractivity contribution in [2.45, 2.75) is 57.1 Å². The number of carbonyl (C=O) groups is 3. The first-order valence-electron chi connectivity index (χ1n) is 10.6. The largest absolute Gasteiger partial charge is 0.466 e. The number of rotatable bonds is 10. The fourth-order valence-electron chi connectivity index (χ4n) is 2.97. The molecule has 0 fully saturated rings. The Kier molecular flexibility index (Phi) is 8.95. The van der Waals surface area contributed by atoms with Crippen LogP contribution in [0.4, 0.5) is 0 Å². The number of benzene rings is 2. The molecule has 0 aliphatic heterocycles. The Bertz CT molecular complexity index is 1110. The van der Waals surface area contributed by atoms with Crippen molar-refractivity contribution in [3.8, 4) is 0 Å². The van der Waals surface area contributed by atoms with Gasteiger partial charge in [-0.1, -0.05) is 30.3 Å². The highest BCUT2D eigenvalue weighted by Gasteiger charge is 2.30. The molecule has 0 aromatic heterocycles. The molecule has 0 radical (unpaired) electrons. The van der Waals surface area contributed by atoms with Crippen LogP contribution in [0.15, 0.2) is 47.4 Å². The molecule has 2 aromatic rings. The lowest BCUT2D eigenvalue weighted by Crippen LogP contribution is -2.48. The van der Waals surface area contributed by atoms with Gasteiger partial charge in [0.1, 0.15) is 11.6 Å². The van der Waals surface area contributed by atoms with Gasteiger partial charge in [0.15, 0.2) is 0 Å². The highest BCUT2D eigenvalue weighted by Crippen LogP contribution is 2.19. The number of amides is 1. The summed E-state index contributed by atoms with van der Waals surface area (Å²) >= 11 is 0. The SMILES string of the molecule is CCOC(=O)CCNC(=O)[C@H](CC(=O)OC(C)(C)C)NS(=O)(=O)c1ccc2ccccc2c1. The number of fused-ring (bicyclic) bond motifs is 1. The monoisotopic (exact) mass is 478 g/mol. The molecule has 0 saturated carbocycles. The maximum absolute atomic E-state index is 13.0. The Morgan fingerprint density at radius 1 is 1.00 bits per heavy atom. The zero-order chi connectivity index (χ0) is 24.6. The van der Waals surface area contributed by atoms with Gasteiger partial charge in [-0.2, -0.15) is 4.72 Å². The summed E-state index contributed by atoms with van der Waals surface area (Å²) in [5.41, 5.74) is -0.806. The summed E-state index contributed by atoms with van der Waals surface area (Å²) < 4.78 is 38.4. The van der Waals surface area contributed by atoms with E-state index in [1.165, 1.54) is 12.1 Å². The fourth-order valence-corrected chi connectivity index (χ4v) is 4.20. The third-order valence-electron chi connectivity index (χ3n) is 4.37. The number of nitrogens with one attached hydrogen (secondary N) is 2. The minimum Gasteiger partial charge on any atom is -0.466 e. The van der Waals surface area contributed by atoms with Crippen molar-refractivity contribution in [1.82, 2.24) is 10.0 Å². The number of sulfonamides is 1. The van der Waals surface area contributed by atoms with Crippen molar-refractivity contribution in [3.05, 3.63) is 42.5 Å². The van der Waals surface area contributed by atoms with E-state index in [4.69, 9.17) is 9.47 Å². The van der Waals surface area contributed by atoms with Gasteiger partial charge in [-0.15, -0.1) is 0 Å². The van der Waals surface area contributed by atoms with E-state index in [2.05, 4.69) is 10.0 Å². The number of hydrogen-bond acceptors (Lipinski definition) is 7. The first-order valence-corrected chi connectivity index (χ1v) is 12.1. The van der Waals surface area contributed by atoms with Crippen LogP contribution in [-0.4, -0.2) is 51.1 Å². The summed E-state index contributed by atoms with van der Waals surface area (Å²) in [6.45, 7) is 6.80. The summed E-state index contributed by atoms with van der Waals surface area (Å²) in [6, 6.07) is 10.4. The smallest absolute Gasteiger partial charge is 0.308 e. The lowest BCUT2D eigenvalue weighted by Gasteiger charge is -2.22. The van der Waals surface area contributed by atoms with Gasteiger partial charge in [-0.05, 0) is 50.6 Å². The van der Waals surface area contributed by atoms with Crippen LogP contribution >= 0.6 is 0 Å². The molecule has 0 spiro atoms. The Morgan fingerprint density at radius 3 is 2.30 bits per heavy atom. The van der Waals surface area contributed by atoms with Gasteiger partial charge in [0.2, 0.25) is 15.9 Å². The molecule has 1 amide bonds. The van der Waals surface area contributed by atoms with E-state index >= 15 is 0 Å². The topological polar surface area (TPSA) is 128 Å². The summed E-state index contributed by atoms with van der Waals surface area (Å²) in [4.78, 5) is 36.5. The normalized spacial score (nSPS) is 12.7. The van der Waals surface area contributed by atoms with Gasteiger partial charge in [0.05, 0.1) is 24.3 Å². The van der Waals surface area contributed by atoms with Crippen molar-refractivity contribution < 1.29 is 32.3 Å². The third kappa shape index (κ3) is 8.47. The minimum absolute atomic E-state index is 0.0466. The molecule has 0 heterocycles. The molecule has 1 atom stereocenters. The van der Waals surface area contributed by atoms with E-state index < -0.39 is 45.9 Å². The first-order chi connectivity index (χ1) is 15.4. The van der Waals surface area contributed by atoms with E-state index in [-0.39, 0.29) is 24.5 Å². The minimum atomic E-state index is -4.15. The molecule has 2 rings (SSSR count). The molecule has 33 heavy (non-hydrogen) atoms. The Morgan fingerprint density at radius 2 is 1.67 bits per heavy atom. The Labute approximate surface area is 193 Å². The van der Waals surface area contributed by atoms with E-state index in [0.29, 0.717) is 5.39 Å². The zero-order valence-corrected chi connectivity index (χ0v) is 20.0. The molecular weight excluding hydrogens is 448 g/mol. The van der Waals surface area contributed by atoms with Gasteiger partial charge in [-0.3, -0.25) is 14.4 Å². The van der Waals surface area contributed by atoms with Crippen LogP contribution in [0.25, 0.3) is 10.8 Å². The first kappa shape index (κ1) is 26.3. The maximum Gasteiger partial charge on any atom is 0.308 e. The molecule has 0 bridgehead atoms. The molecule has 180 valence electrons. The average Bonchev–Trinajstić information content (AvgIpc) is 2.71. The third-order valence-corrected chi connectivity index (χ3v) is 5.84. The maximum atomic E-state index is 13.0. The van der Waals surface area contributed by atoms with Gasteiger partial charge in [0.25, 0.3) is 0 Å². The second-order valence-corrected chi connectivity index (χ2v) is 10.0. The molecule has 9 nitrogen and oxygen atoms in total. The molecule has 0 saturated heterocycles. The molecular formula is C23H30N2O7S. The predicted molar refractivity (Wildman–Crippen MR) is 123 cm³/mol. The lowest BCUT2D eigenvalue weighted by atomic mass is 10.1. The lowest BCUT2D eigenvalue weighted by molar-refractivity contribution is -0.156. The van der Waals surface area contributed by atoms with Gasteiger partial charge >= 0.3 is 11.9 Å². The molecule has 2 N–H and O–H groups in total. The number of carbonyl (C=O) groups excluding carboxylic acids is 3. The van der Waals surface area contributed by atoms with Gasteiger partial charge in [-0.25, -0.2) is 8.42 Å². The van der Waals surface area contributed by atoms with Crippen LogP contribution in [0, 0.1) is 0 Å². The van der Waals surface area contributed by atoms with E-state index in [9.17, 15) is 22.8 Å². The second kappa shape index (κ2) is 11.2. The van der Waals surface area contributed by atoms with Crippen LogP contribution in [0.2, 0.25) is 0 Å².